The summed E-state index contributed by atoms with van der Waals surface area (Å²) in [4.78, 5) is 21.3. The largest absolute Gasteiger partial charge is 0.446 e. The number of fused-ring (bicyclic) bond motifs is 1. The summed E-state index contributed by atoms with van der Waals surface area (Å²) in [5, 5.41) is 8.59. The highest BCUT2D eigenvalue weighted by molar-refractivity contribution is 5.95. The Kier molecular flexibility index (Phi) is 7.71. The number of hydrogen-bond acceptors (Lipinski definition) is 8. The van der Waals surface area contributed by atoms with Crippen molar-refractivity contribution in [3.63, 3.8) is 0 Å². The molecule has 2 aromatic heterocycles. The van der Waals surface area contributed by atoms with Gasteiger partial charge in [-0.3, -0.25) is 9.67 Å². The quantitative estimate of drug-likeness (QED) is 0.403. The van der Waals surface area contributed by atoms with Gasteiger partial charge in [0.2, 0.25) is 0 Å². The zero-order valence-electron chi connectivity index (χ0n) is 22.1. The van der Waals surface area contributed by atoms with E-state index in [1.54, 1.807) is 12.4 Å². The fourth-order valence-corrected chi connectivity index (χ4v) is 5.73. The number of ether oxygens (including phenoxy) is 3. The molecule has 2 aliphatic heterocycles. The third-order valence-electron chi connectivity index (χ3n) is 7.76. The first-order valence-corrected chi connectivity index (χ1v) is 13.7. The third kappa shape index (κ3) is 6.05. The smallest absolute Gasteiger partial charge is 0.407 e. The number of hydrogen-bond donors (Lipinski definition) is 3. The molecule has 0 bridgehead atoms. The predicted octanol–water partition coefficient (Wildman–Crippen LogP) is 3.27. The minimum Gasteiger partial charge on any atom is -0.446 e. The number of pyridine rings is 1. The van der Waals surface area contributed by atoms with Crippen LogP contribution in [0.2, 0.25) is 0 Å². The average Bonchev–Trinajstić information content (AvgIpc) is 3.76. The fourth-order valence-electron chi connectivity index (χ4n) is 5.73. The highest BCUT2D eigenvalue weighted by Gasteiger charge is 2.36. The number of aliphatic imine (C=N–C) groups is 1. The number of alkyl carbamates (subject to hydrolysis) is 1. The number of amidine groups is 1. The molecule has 3 aromatic rings. The number of amides is 1. The summed E-state index contributed by atoms with van der Waals surface area (Å²) in [5.74, 6) is 1.30. The van der Waals surface area contributed by atoms with Crippen molar-refractivity contribution in [1.82, 2.24) is 30.9 Å². The van der Waals surface area contributed by atoms with Gasteiger partial charge < -0.3 is 25.0 Å². The van der Waals surface area contributed by atoms with Gasteiger partial charge in [0, 0.05) is 50.4 Å². The van der Waals surface area contributed by atoms with Crippen molar-refractivity contribution in [1.29, 1.82) is 0 Å². The van der Waals surface area contributed by atoms with Gasteiger partial charge >= 0.3 is 6.09 Å². The molecule has 3 fully saturated rings. The summed E-state index contributed by atoms with van der Waals surface area (Å²) >= 11 is 0. The van der Waals surface area contributed by atoms with Crippen molar-refractivity contribution in [2.45, 2.75) is 63.5 Å². The molecule has 1 aromatic carbocycles. The predicted molar refractivity (Wildman–Crippen MR) is 145 cm³/mol. The molecular formula is C28H35N7O4. The van der Waals surface area contributed by atoms with Crippen molar-refractivity contribution in [2.75, 3.05) is 13.2 Å². The van der Waals surface area contributed by atoms with E-state index < -0.39 is 0 Å². The SMILES string of the molecule is Cn1nc(COC2CCOC2)c2cccc(N=C3CC([C@H]4CC[C@@H](OC(=O)NCc5cccnc5)C4)NN3)c21. The van der Waals surface area contributed by atoms with Crippen LogP contribution in [0.25, 0.3) is 10.9 Å². The number of carbonyl (C=O) groups is 1. The Balaban J connectivity index is 1.04. The lowest BCUT2D eigenvalue weighted by atomic mass is 9.96. The van der Waals surface area contributed by atoms with Gasteiger partial charge in [0.05, 0.1) is 36.2 Å². The van der Waals surface area contributed by atoms with E-state index in [9.17, 15) is 4.79 Å². The zero-order valence-corrected chi connectivity index (χ0v) is 22.1. The molecule has 0 radical (unpaired) electrons. The normalized spacial score (nSPS) is 25.8. The molecule has 3 aliphatic rings. The highest BCUT2D eigenvalue weighted by Crippen LogP contribution is 2.34. The number of aryl methyl sites for hydroxylation is 1. The molecule has 11 nitrogen and oxygen atoms in total. The summed E-state index contributed by atoms with van der Waals surface area (Å²) in [5.41, 5.74) is 10.4. The van der Waals surface area contributed by atoms with Gasteiger partial charge in [-0.25, -0.2) is 15.2 Å². The topological polar surface area (TPSA) is 124 Å². The first-order valence-electron chi connectivity index (χ1n) is 13.7. The summed E-state index contributed by atoms with van der Waals surface area (Å²) in [6, 6.07) is 10.1. The number of carbonyl (C=O) groups excluding carboxylic acids is 1. The van der Waals surface area contributed by atoms with Gasteiger partial charge in [0.1, 0.15) is 11.9 Å². The van der Waals surface area contributed by atoms with Crippen molar-refractivity contribution in [3.05, 3.63) is 54.0 Å². The van der Waals surface area contributed by atoms with Crippen LogP contribution in [0.5, 0.6) is 0 Å². The summed E-state index contributed by atoms with van der Waals surface area (Å²) in [7, 11) is 1.95. The van der Waals surface area contributed by atoms with Crippen LogP contribution < -0.4 is 16.2 Å². The van der Waals surface area contributed by atoms with Crippen LogP contribution in [-0.2, 0) is 34.4 Å². The van der Waals surface area contributed by atoms with Crippen molar-refractivity contribution in [2.24, 2.45) is 18.0 Å². The van der Waals surface area contributed by atoms with Crippen molar-refractivity contribution >= 4 is 28.5 Å². The zero-order chi connectivity index (χ0) is 26.6. The molecule has 1 aliphatic carbocycles. The van der Waals surface area contributed by atoms with Crippen LogP contribution in [0.3, 0.4) is 0 Å². The lowest BCUT2D eigenvalue weighted by Crippen LogP contribution is -2.36. The Bertz CT molecular complexity index is 1320. The number of para-hydroxylation sites is 1. The summed E-state index contributed by atoms with van der Waals surface area (Å²) in [6.07, 6.45) is 7.54. The first-order chi connectivity index (χ1) is 19.1. The Morgan fingerprint density at radius 2 is 2.18 bits per heavy atom. The van der Waals surface area contributed by atoms with Crippen LogP contribution in [0, 0.1) is 5.92 Å². The van der Waals surface area contributed by atoms with E-state index in [1.165, 1.54) is 0 Å². The molecule has 3 N–H and O–H groups in total. The van der Waals surface area contributed by atoms with Crippen LogP contribution >= 0.6 is 0 Å². The molecule has 0 spiro atoms. The Morgan fingerprint density at radius 3 is 3.03 bits per heavy atom. The van der Waals surface area contributed by atoms with Crippen LogP contribution in [0.4, 0.5) is 10.5 Å². The van der Waals surface area contributed by atoms with Crippen molar-refractivity contribution in [3.8, 4) is 0 Å². The van der Waals surface area contributed by atoms with Crippen molar-refractivity contribution < 1.29 is 19.0 Å². The molecule has 6 rings (SSSR count). The minimum absolute atomic E-state index is 0.0775. The van der Waals surface area contributed by atoms with Gasteiger partial charge in [-0.1, -0.05) is 18.2 Å². The van der Waals surface area contributed by atoms with E-state index in [0.29, 0.717) is 25.7 Å². The molecule has 1 amide bonds. The lowest BCUT2D eigenvalue weighted by Gasteiger charge is -2.17. The monoisotopic (exact) mass is 533 g/mol. The Morgan fingerprint density at radius 1 is 1.23 bits per heavy atom. The maximum Gasteiger partial charge on any atom is 0.407 e. The van der Waals surface area contributed by atoms with Gasteiger partial charge in [-0.05, 0) is 49.3 Å². The number of nitrogens with zero attached hydrogens (tertiary/aromatic N) is 4. The maximum absolute atomic E-state index is 12.3. The standard InChI is InChI=1S/C28H35N7O4/c1-35-27-22(25(34-35)17-38-21-9-11-37-16-21)5-2-6-23(27)31-26-13-24(32-33-26)19-7-8-20(12-19)39-28(36)30-15-18-4-3-10-29-14-18/h2-6,10,14,19-21,24,32H,7-9,11-13,15-17H2,1H3,(H,30,36)(H,31,33)/t19-,20+,21?,24?/m0/s1. The van der Waals surface area contributed by atoms with E-state index >= 15 is 0 Å². The Labute approximate surface area is 227 Å². The second-order valence-corrected chi connectivity index (χ2v) is 10.5. The molecule has 206 valence electrons. The highest BCUT2D eigenvalue weighted by atomic mass is 16.6. The third-order valence-corrected chi connectivity index (χ3v) is 7.76. The van der Waals surface area contributed by atoms with E-state index in [0.717, 1.165) is 72.4 Å². The molecular weight excluding hydrogens is 498 g/mol. The fraction of sp³-hybridized carbons (Fsp3) is 0.500. The van der Waals surface area contributed by atoms with Gasteiger partial charge in [0.15, 0.2) is 0 Å². The molecule has 2 saturated heterocycles. The summed E-state index contributed by atoms with van der Waals surface area (Å²) < 4.78 is 19.0. The van der Waals surface area contributed by atoms with E-state index in [-0.39, 0.29) is 24.3 Å². The molecule has 2 unspecified atom stereocenters. The van der Waals surface area contributed by atoms with E-state index in [1.807, 2.05) is 36.0 Å². The van der Waals surface area contributed by atoms with Crippen LogP contribution in [-0.4, -0.2) is 58.2 Å². The van der Waals surface area contributed by atoms with Gasteiger partial charge in [0.25, 0.3) is 0 Å². The van der Waals surface area contributed by atoms with Crippen LogP contribution in [0.1, 0.15) is 43.4 Å². The Hall–Kier alpha value is -3.54. The molecule has 4 heterocycles. The molecule has 4 atom stereocenters. The van der Waals surface area contributed by atoms with E-state index in [2.05, 4.69) is 27.2 Å². The lowest BCUT2D eigenvalue weighted by molar-refractivity contribution is 0.0304. The molecule has 39 heavy (non-hydrogen) atoms. The summed E-state index contributed by atoms with van der Waals surface area (Å²) in [6.45, 7) is 2.27. The second-order valence-electron chi connectivity index (χ2n) is 10.5. The molecule has 11 heteroatoms. The maximum atomic E-state index is 12.3. The van der Waals surface area contributed by atoms with Gasteiger partial charge in [-0.15, -0.1) is 0 Å². The number of hydrazine groups is 1. The first kappa shape index (κ1) is 25.7. The van der Waals surface area contributed by atoms with Crippen LogP contribution in [0.15, 0.2) is 47.7 Å². The number of benzene rings is 1. The molecule has 1 saturated carbocycles. The van der Waals surface area contributed by atoms with E-state index in [4.69, 9.17) is 24.3 Å². The van der Waals surface area contributed by atoms with Gasteiger partial charge in [-0.2, -0.15) is 5.10 Å². The minimum atomic E-state index is -0.380. The number of nitrogens with one attached hydrogen (secondary N) is 3. The average molecular weight is 534 g/mol. The number of rotatable bonds is 8. The second kappa shape index (κ2) is 11.7. The number of aromatic nitrogens is 3.